The molecule has 4 amide bonds. The van der Waals surface area contributed by atoms with Crippen molar-refractivity contribution in [3.05, 3.63) is 117 Å². The molecular formula is C38H45BrN4O6S2. The lowest BCUT2D eigenvalue weighted by Crippen LogP contribution is -2.64. The van der Waals surface area contributed by atoms with Crippen LogP contribution in [0.1, 0.15) is 62.4 Å². The number of benzene rings is 2. The molecule has 2 aromatic heterocycles. The Hall–Kier alpha value is -4.20. The van der Waals surface area contributed by atoms with Gasteiger partial charge in [-0.1, -0.05) is 88.7 Å². The standard InChI is InChI=1S/C19H22N2O3S.C12H16N2O3S.C7H7Br/c1-19(2,3)21-18(23)24-16(12-14-8-5-4-6-9-14)17(22)20(21)13-15-10-7-11-25-15;1-12(2,3)14-11(16)17-8-10(15)13(14)7-9-5-4-6-18-9;8-6-7-4-2-1-3-5-7/h4-11,16H,12-13H2,1-3H3;4-6H,7-8H2,1-3H3;1-5H,6H2. The quantitative estimate of drug-likeness (QED) is 0.174. The Morgan fingerprint density at radius 1 is 0.667 bits per heavy atom. The Bertz CT molecular complexity index is 1710. The summed E-state index contributed by atoms with van der Waals surface area (Å²) in [5.41, 5.74) is 1.24. The normalized spacial score (nSPS) is 16.5. The van der Waals surface area contributed by atoms with Crippen LogP contribution < -0.4 is 0 Å². The summed E-state index contributed by atoms with van der Waals surface area (Å²) in [5.74, 6) is -0.385. The van der Waals surface area contributed by atoms with E-state index in [4.69, 9.17) is 9.47 Å². The van der Waals surface area contributed by atoms with Crippen LogP contribution in [0, 0.1) is 0 Å². The number of thiophene rings is 2. The second kappa shape index (κ2) is 17.8. The van der Waals surface area contributed by atoms with Crippen molar-refractivity contribution < 1.29 is 28.7 Å². The van der Waals surface area contributed by atoms with Gasteiger partial charge in [-0.3, -0.25) is 9.59 Å². The number of ether oxygens (including phenoxy) is 2. The zero-order valence-electron chi connectivity index (χ0n) is 29.8. The molecule has 1 atom stereocenters. The van der Waals surface area contributed by atoms with E-state index in [1.165, 1.54) is 25.6 Å². The van der Waals surface area contributed by atoms with E-state index in [0.29, 0.717) is 19.5 Å². The maximum Gasteiger partial charge on any atom is 0.430 e. The smallest absolute Gasteiger partial charge is 0.430 e. The Kier molecular flexibility index (Phi) is 13.8. The molecule has 1 unspecified atom stereocenters. The summed E-state index contributed by atoms with van der Waals surface area (Å²) in [5, 5.41) is 10.7. The van der Waals surface area contributed by atoms with Gasteiger partial charge in [0.15, 0.2) is 12.7 Å². The molecule has 51 heavy (non-hydrogen) atoms. The average molecular weight is 798 g/mol. The van der Waals surface area contributed by atoms with E-state index in [-0.39, 0.29) is 18.4 Å². The summed E-state index contributed by atoms with van der Waals surface area (Å²) in [6.07, 6.45) is -1.37. The lowest BCUT2D eigenvalue weighted by atomic mass is 10.1. The van der Waals surface area contributed by atoms with Crippen LogP contribution in [0.3, 0.4) is 0 Å². The number of carbonyl (C=O) groups excluding carboxylic acids is 4. The van der Waals surface area contributed by atoms with Gasteiger partial charge in [0.2, 0.25) is 0 Å². The van der Waals surface area contributed by atoms with Crippen LogP contribution in [0.15, 0.2) is 95.7 Å². The first-order chi connectivity index (χ1) is 24.2. The number of amides is 4. The minimum atomic E-state index is -0.798. The summed E-state index contributed by atoms with van der Waals surface area (Å²) < 4.78 is 10.4. The van der Waals surface area contributed by atoms with E-state index in [9.17, 15) is 19.2 Å². The minimum absolute atomic E-state index is 0.184. The third kappa shape index (κ3) is 11.1. The molecule has 2 aromatic carbocycles. The molecule has 2 fully saturated rings. The lowest BCUT2D eigenvalue weighted by Gasteiger charge is -2.46. The number of hydrogen-bond donors (Lipinski definition) is 0. The van der Waals surface area contributed by atoms with E-state index in [1.807, 2.05) is 125 Å². The van der Waals surface area contributed by atoms with Gasteiger partial charge >= 0.3 is 12.2 Å². The topological polar surface area (TPSA) is 99.7 Å². The Labute approximate surface area is 316 Å². The monoisotopic (exact) mass is 796 g/mol. The van der Waals surface area contributed by atoms with Crippen LogP contribution in [-0.2, 0) is 43.9 Å². The SMILES string of the molecule is BrCc1ccccc1.CC(C)(C)N1C(=O)OC(Cc2ccccc2)C(=O)N1Cc1cccs1.CC(C)(C)N1C(=O)OCC(=O)N1Cc1cccs1. The summed E-state index contributed by atoms with van der Waals surface area (Å²) in [6.45, 7) is 11.9. The summed E-state index contributed by atoms with van der Waals surface area (Å²) in [6, 6.07) is 27.7. The van der Waals surface area contributed by atoms with Crippen molar-refractivity contribution in [2.45, 2.75) is 83.6 Å². The van der Waals surface area contributed by atoms with E-state index in [0.717, 1.165) is 20.6 Å². The predicted octanol–water partition coefficient (Wildman–Crippen LogP) is 8.68. The van der Waals surface area contributed by atoms with Gasteiger partial charge in [0.05, 0.1) is 24.2 Å². The third-order valence-electron chi connectivity index (χ3n) is 7.51. The Balaban J connectivity index is 0.000000194. The molecule has 10 nitrogen and oxygen atoms in total. The first kappa shape index (κ1) is 39.6. The summed E-state index contributed by atoms with van der Waals surface area (Å²) >= 11 is 6.48. The van der Waals surface area contributed by atoms with Crippen molar-refractivity contribution in [3.8, 4) is 0 Å². The molecule has 0 saturated carbocycles. The van der Waals surface area contributed by atoms with E-state index in [2.05, 4.69) is 28.1 Å². The number of nitrogens with zero attached hydrogens (tertiary/aromatic N) is 4. The number of hydrogen-bond acceptors (Lipinski definition) is 8. The van der Waals surface area contributed by atoms with E-state index < -0.39 is 29.4 Å². The van der Waals surface area contributed by atoms with Crippen LogP contribution in [0.5, 0.6) is 0 Å². The number of halogens is 1. The summed E-state index contributed by atoms with van der Waals surface area (Å²) in [7, 11) is 0. The second-order valence-corrected chi connectivity index (χ2v) is 16.3. The van der Waals surface area contributed by atoms with Crippen molar-refractivity contribution in [2.75, 3.05) is 6.61 Å². The fraction of sp³-hybridized carbons (Fsp3) is 0.368. The van der Waals surface area contributed by atoms with Gasteiger partial charge in [0.25, 0.3) is 11.8 Å². The fourth-order valence-electron chi connectivity index (χ4n) is 5.26. The first-order valence-electron chi connectivity index (χ1n) is 16.5. The maximum atomic E-state index is 13.1. The van der Waals surface area contributed by atoms with Gasteiger partial charge in [0.1, 0.15) is 0 Å². The number of hydrazine groups is 2. The molecule has 13 heteroatoms. The minimum Gasteiger partial charge on any atom is -0.438 e. The highest BCUT2D eigenvalue weighted by atomic mass is 79.9. The molecular weight excluding hydrogens is 752 g/mol. The molecule has 6 rings (SSSR count). The number of rotatable bonds is 7. The highest BCUT2D eigenvalue weighted by Gasteiger charge is 2.45. The third-order valence-corrected chi connectivity index (χ3v) is 9.88. The predicted molar refractivity (Wildman–Crippen MR) is 204 cm³/mol. The Morgan fingerprint density at radius 2 is 1.16 bits per heavy atom. The Morgan fingerprint density at radius 3 is 1.61 bits per heavy atom. The molecule has 4 aromatic rings. The molecule has 0 radical (unpaired) electrons. The van der Waals surface area contributed by atoms with Gasteiger partial charge in [-0.25, -0.2) is 29.6 Å². The van der Waals surface area contributed by atoms with Crippen LogP contribution in [0.25, 0.3) is 0 Å². The molecule has 0 bridgehead atoms. The molecule has 0 N–H and O–H groups in total. The van der Waals surface area contributed by atoms with Gasteiger partial charge in [0, 0.05) is 21.5 Å². The first-order valence-corrected chi connectivity index (χ1v) is 19.3. The van der Waals surface area contributed by atoms with Gasteiger partial charge in [-0.15, -0.1) is 22.7 Å². The highest BCUT2D eigenvalue weighted by molar-refractivity contribution is 9.08. The van der Waals surface area contributed by atoms with Gasteiger partial charge in [-0.05, 0) is 75.6 Å². The molecule has 0 spiro atoms. The maximum absolute atomic E-state index is 13.1. The molecule has 0 aliphatic carbocycles. The fourth-order valence-corrected chi connectivity index (χ4v) is 7.00. The van der Waals surface area contributed by atoms with Crippen LogP contribution in [0.4, 0.5) is 9.59 Å². The molecule has 2 aliphatic heterocycles. The van der Waals surface area contributed by atoms with Crippen molar-refractivity contribution in [1.29, 1.82) is 0 Å². The van der Waals surface area contributed by atoms with Crippen LogP contribution >= 0.6 is 38.6 Å². The molecule has 2 aliphatic rings. The van der Waals surface area contributed by atoms with E-state index >= 15 is 0 Å². The van der Waals surface area contributed by atoms with Crippen molar-refractivity contribution in [3.63, 3.8) is 0 Å². The van der Waals surface area contributed by atoms with Crippen LogP contribution in [-0.4, -0.2) is 67.8 Å². The molecule has 4 heterocycles. The van der Waals surface area contributed by atoms with Crippen molar-refractivity contribution in [1.82, 2.24) is 20.0 Å². The van der Waals surface area contributed by atoms with E-state index in [1.54, 1.807) is 22.7 Å². The van der Waals surface area contributed by atoms with Gasteiger partial charge < -0.3 is 9.47 Å². The van der Waals surface area contributed by atoms with Crippen LogP contribution in [0.2, 0.25) is 0 Å². The highest BCUT2D eigenvalue weighted by Crippen LogP contribution is 2.28. The van der Waals surface area contributed by atoms with Crippen molar-refractivity contribution in [2.24, 2.45) is 0 Å². The largest absolute Gasteiger partial charge is 0.438 e. The number of carbonyl (C=O) groups is 4. The lowest BCUT2D eigenvalue weighted by molar-refractivity contribution is -0.181. The second-order valence-electron chi connectivity index (χ2n) is 13.7. The zero-order chi connectivity index (χ0) is 37.2. The van der Waals surface area contributed by atoms with Crippen molar-refractivity contribution >= 4 is 62.6 Å². The zero-order valence-corrected chi connectivity index (χ0v) is 33.0. The number of alkyl halides is 1. The average Bonchev–Trinajstić information content (AvgIpc) is 3.80. The number of cyclic esters (lactones) is 2. The summed E-state index contributed by atoms with van der Waals surface area (Å²) in [4.78, 5) is 51.5. The molecule has 272 valence electrons. The van der Waals surface area contributed by atoms with Gasteiger partial charge in [-0.2, -0.15) is 0 Å². The molecule has 2 saturated heterocycles.